The van der Waals surface area contributed by atoms with Crippen LogP contribution >= 0.6 is 15.5 Å². The summed E-state index contributed by atoms with van der Waals surface area (Å²) >= 11 is 0. The molecule has 1 heterocycles. The molecule has 0 N–H and O–H groups in total. The van der Waals surface area contributed by atoms with E-state index in [0.29, 0.717) is 59.9 Å². The Balaban J connectivity index is 1.78. The average Bonchev–Trinajstić information content (AvgIpc) is 2.90. The summed E-state index contributed by atoms with van der Waals surface area (Å²) in [5.74, 6) is 1.45. The molecule has 5 rings (SSSR count). The molecule has 38 heavy (non-hydrogen) atoms. The van der Waals surface area contributed by atoms with Gasteiger partial charge in [0.2, 0.25) is 0 Å². The second-order valence-corrected chi connectivity index (χ2v) is 12.6. The fraction of sp³-hybridized carbons (Fsp3) is 0.286. The largest absolute Gasteiger partial charge is 0.515 e. The molecular weight excluding hydrogens is 522 g/mol. The summed E-state index contributed by atoms with van der Waals surface area (Å²) in [6.45, 7) is 9.48. The lowest BCUT2D eigenvalue weighted by Crippen LogP contribution is -2.26. The van der Waals surface area contributed by atoms with Gasteiger partial charge in [-0.1, -0.05) is 64.1 Å². The first-order valence-corrected chi connectivity index (χ1v) is 15.9. The van der Waals surface area contributed by atoms with Gasteiger partial charge in [-0.3, -0.25) is 0 Å². The third-order valence-electron chi connectivity index (χ3n) is 6.65. The van der Waals surface area contributed by atoms with Gasteiger partial charge in [-0.05, 0) is 47.2 Å². The molecule has 4 aromatic rings. The van der Waals surface area contributed by atoms with Gasteiger partial charge in [-0.15, -0.1) is 0 Å². The fourth-order valence-corrected chi connectivity index (χ4v) is 8.14. The van der Waals surface area contributed by atoms with Crippen molar-refractivity contribution in [1.82, 2.24) is 9.34 Å². The zero-order valence-electron chi connectivity index (χ0n) is 22.0. The first-order chi connectivity index (χ1) is 18.3. The van der Waals surface area contributed by atoms with Crippen molar-refractivity contribution in [1.29, 1.82) is 0 Å². The Morgan fingerprint density at radius 2 is 0.947 bits per heavy atom. The lowest BCUT2D eigenvalue weighted by Gasteiger charge is -2.30. The summed E-state index contributed by atoms with van der Waals surface area (Å²) in [5, 5.41) is 3.00. The van der Waals surface area contributed by atoms with Gasteiger partial charge in [0, 0.05) is 37.0 Å². The topological polar surface area (TPSA) is 77.5 Å². The van der Waals surface area contributed by atoms with Crippen LogP contribution in [0.5, 0.6) is 23.0 Å². The van der Waals surface area contributed by atoms with Crippen LogP contribution in [0.2, 0.25) is 0 Å². The third-order valence-corrected chi connectivity index (χ3v) is 10.9. The average molecular weight is 555 g/mol. The van der Waals surface area contributed by atoms with Crippen molar-refractivity contribution in [3.63, 3.8) is 0 Å². The Bertz CT molecular complexity index is 1450. The molecule has 0 aliphatic carbocycles. The molecule has 8 nitrogen and oxygen atoms in total. The van der Waals surface area contributed by atoms with Gasteiger partial charge in [0.25, 0.3) is 0 Å². The molecule has 0 radical (unpaired) electrons. The fourth-order valence-electron chi connectivity index (χ4n) is 4.64. The minimum atomic E-state index is -3.84. The lowest BCUT2D eigenvalue weighted by molar-refractivity contribution is 0.293. The minimum Gasteiger partial charge on any atom is -0.404 e. The Labute approximate surface area is 223 Å². The smallest absolute Gasteiger partial charge is 0.404 e. The number of nitrogens with zero attached hydrogens (tertiary/aromatic N) is 2. The van der Waals surface area contributed by atoms with E-state index < -0.39 is 15.5 Å². The third kappa shape index (κ3) is 4.90. The Morgan fingerprint density at radius 1 is 0.553 bits per heavy atom. The molecule has 2 atom stereocenters. The normalized spacial score (nSPS) is 21.2. The standard InChI is InChI=1S/C28H32N2O6P2/c1-5-29(6-2)37(31)33-23-17-15-22-12-10-14-28(26(22)19-23)36-38(32,30(7-3)8-4)34-24-18-16-21-11-9-13-27(35-37)25(21)20-24/h9-20H,5-8H2,1-4H3. The highest BCUT2D eigenvalue weighted by Crippen LogP contribution is 2.56. The zero-order valence-corrected chi connectivity index (χ0v) is 23.8. The highest BCUT2D eigenvalue weighted by atomic mass is 31.2. The number of fused-ring (bicyclic) bond motifs is 2. The van der Waals surface area contributed by atoms with Crippen LogP contribution in [0.25, 0.3) is 21.5 Å². The van der Waals surface area contributed by atoms with Crippen molar-refractivity contribution in [2.24, 2.45) is 0 Å². The number of benzene rings is 4. The first kappa shape index (κ1) is 26.6. The van der Waals surface area contributed by atoms with E-state index in [4.69, 9.17) is 18.1 Å². The van der Waals surface area contributed by atoms with E-state index >= 15 is 0 Å². The Morgan fingerprint density at radius 3 is 1.32 bits per heavy atom. The monoisotopic (exact) mass is 554 g/mol. The zero-order chi connectivity index (χ0) is 26.9. The molecule has 4 bridgehead atoms. The Kier molecular flexibility index (Phi) is 7.43. The highest BCUT2D eigenvalue weighted by Gasteiger charge is 2.38. The summed E-state index contributed by atoms with van der Waals surface area (Å²) < 4.78 is 57.0. The maximum Gasteiger partial charge on any atom is 0.515 e. The van der Waals surface area contributed by atoms with Gasteiger partial charge in [0.1, 0.15) is 23.0 Å². The van der Waals surface area contributed by atoms with Crippen molar-refractivity contribution >= 4 is 37.0 Å². The lowest BCUT2D eigenvalue weighted by atomic mass is 10.1. The predicted molar refractivity (Wildman–Crippen MR) is 151 cm³/mol. The summed E-state index contributed by atoms with van der Waals surface area (Å²) in [7, 11) is -7.68. The number of rotatable bonds is 6. The molecule has 0 spiro atoms. The summed E-state index contributed by atoms with van der Waals surface area (Å²) in [6, 6.07) is 21.7. The summed E-state index contributed by atoms with van der Waals surface area (Å²) in [5.41, 5.74) is 0. The van der Waals surface area contributed by atoms with Gasteiger partial charge >= 0.3 is 15.5 Å². The maximum atomic E-state index is 14.4. The SMILES string of the molecule is CCN(CC)P1(=O)Oc2ccc3cccc(c3c2)OP(=O)(N(CC)CC)Oc2ccc3cccc(c3c2)O1. The highest BCUT2D eigenvalue weighted by molar-refractivity contribution is 7.52. The summed E-state index contributed by atoms with van der Waals surface area (Å²) in [4.78, 5) is 0. The molecule has 0 saturated heterocycles. The van der Waals surface area contributed by atoms with Crippen LogP contribution in [0.15, 0.2) is 72.8 Å². The van der Waals surface area contributed by atoms with E-state index in [1.807, 2.05) is 64.1 Å². The number of hydrogen-bond donors (Lipinski definition) is 0. The molecular formula is C28H32N2O6P2. The summed E-state index contributed by atoms with van der Waals surface area (Å²) in [6.07, 6.45) is 0. The van der Waals surface area contributed by atoms with Crippen LogP contribution in [-0.4, -0.2) is 35.5 Å². The van der Waals surface area contributed by atoms with E-state index in [2.05, 4.69) is 0 Å². The van der Waals surface area contributed by atoms with Gasteiger partial charge < -0.3 is 18.1 Å². The van der Waals surface area contributed by atoms with Crippen LogP contribution in [0.1, 0.15) is 27.7 Å². The molecule has 0 amide bonds. The predicted octanol–water partition coefficient (Wildman–Crippen LogP) is 8.12. The van der Waals surface area contributed by atoms with E-state index in [1.54, 1.807) is 45.7 Å². The van der Waals surface area contributed by atoms with Crippen molar-refractivity contribution in [3.8, 4) is 23.0 Å². The molecule has 0 aromatic heterocycles. The van der Waals surface area contributed by atoms with E-state index in [-0.39, 0.29) is 0 Å². The van der Waals surface area contributed by atoms with Crippen LogP contribution in [0.4, 0.5) is 0 Å². The second kappa shape index (κ2) is 10.6. The molecule has 0 fully saturated rings. The molecule has 2 unspecified atom stereocenters. The molecule has 1 aliphatic heterocycles. The van der Waals surface area contributed by atoms with E-state index in [0.717, 1.165) is 10.8 Å². The van der Waals surface area contributed by atoms with Gasteiger partial charge in [0.15, 0.2) is 0 Å². The quantitative estimate of drug-likeness (QED) is 0.221. The molecule has 0 saturated carbocycles. The first-order valence-electron chi connectivity index (χ1n) is 12.9. The van der Waals surface area contributed by atoms with Crippen LogP contribution in [0, 0.1) is 0 Å². The minimum absolute atomic E-state index is 0.348. The molecule has 10 heteroatoms. The second-order valence-electron chi connectivity index (χ2n) is 8.86. The van der Waals surface area contributed by atoms with Crippen molar-refractivity contribution in [3.05, 3.63) is 72.8 Å². The van der Waals surface area contributed by atoms with Crippen LogP contribution in [0.3, 0.4) is 0 Å². The molecule has 200 valence electrons. The van der Waals surface area contributed by atoms with Gasteiger partial charge in [0.05, 0.1) is 0 Å². The Hall–Kier alpha value is -3.02. The molecule has 4 aromatic carbocycles. The van der Waals surface area contributed by atoms with E-state index in [9.17, 15) is 9.13 Å². The number of hydrogen-bond acceptors (Lipinski definition) is 6. The van der Waals surface area contributed by atoms with Gasteiger partial charge in [-0.25, -0.2) is 9.13 Å². The van der Waals surface area contributed by atoms with Crippen LogP contribution in [-0.2, 0) is 9.13 Å². The maximum absolute atomic E-state index is 14.4. The van der Waals surface area contributed by atoms with Crippen molar-refractivity contribution in [2.45, 2.75) is 27.7 Å². The van der Waals surface area contributed by atoms with E-state index in [1.165, 1.54) is 0 Å². The van der Waals surface area contributed by atoms with Crippen molar-refractivity contribution in [2.75, 3.05) is 26.2 Å². The molecule has 1 aliphatic rings. The van der Waals surface area contributed by atoms with Crippen LogP contribution < -0.4 is 18.1 Å². The van der Waals surface area contributed by atoms with Crippen molar-refractivity contribution < 1.29 is 27.2 Å². The van der Waals surface area contributed by atoms with Gasteiger partial charge in [-0.2, -0.15) is 9.34 Å².